The van der Waals surface area contributed by atoms with E-state index in [9.17, 15) is 4.79 Å². The highest BCUT2D eigenvalue weighted by Gasteiger charge is 2.18. The van der Waals surface area contributed by atoms with E-state index in [0.717, 1.165) is 5.56 Å². The van der Waals surface area contributed by atoms with Crippen LogP contribution in [0.25, 0.3) is 0 Å². The molecule has 1 rings (SSSR count). The predicted molar refractivity (Wildman–Crippen MR) is 72.3 cm³/mol. The van der Waals surface area contributed by atoms with Crippen molar-refractivity contribution in [2.45, 2.75) is 20.4 Å². The number of rotatable bonds is 6. The van der Waals surface area contributed by atoms with Crippen LogP contribution in [-0.2, 0) is 6.54 Å². The predicted octanol–water partition coefficient (Wildman–Crippen LogP) is 1.94. The molecule has 0 aliphatic rings. The molecule has 0 spiro atoms. The van der Waals surface area contributed by atoms with Crippen LogP contribution in [0.4, 0.5) is 4.79 Å². The van der Waals surface area contributed by atoms with Crippen LogP contribution in [-0.4, -0.2) is 47.2 Å². The monoisotopic (exact) mass is 250 g/mol. The number of amides is 2. The summed E-state index contributed by atoms with van der Waals surface area (Å²) < 4.78 is 0. The highest BCUT2D eigenvalue weighted by Crippen LogP contribution is 2.07. The fourth-order valence-corrected chi connectivity index (χ4v) is 1.86. The molecule has 100 valence electrons. The van der Waals surface area contributed by atoms with Gasteiger partial charge in [0.15, 0.2) is 0 Å². The van der Waals surface area contributed by atoms with Crippen LogP contribution in [0.1, 0.15) is 19.4 Å². The zero-order valence-electron chi connectivity index (χ0n) is 11.2. The van der Waals surface area contributed by atoms with Gasteiger partial charge in [-0.15, -0.1) is 0 Å². The fourth-order valence-electron chi connectivity index (χ4n) is 1.86. The number of aliphatic hydroxyl groups excluding tert-OH is 1. The van der Waals surface area contributed by atoms with E-state index in [1.807, 2.05) is 44.2 Å². The van der Waals surface area contributed by atoms with Crippen LogP contribution in [0, 0.1) is 0 Å². The first kappa shape index (κ1) is 14.5. The number of hydrogen-bond acceptors (Lipinski definition) is 2. The highest BCUT2D eigenvalue weighted by molar-refractivity contribution is 5.74. The molecular weight excluding hydrogens is 228 g/mol. The minimum atomic E-state index is -0.0158. The second-order valence-electron chi connectivity index (χ2n) is 4.09. The third-order valence-corrected chi connectivity index (χ3v) is 2.89. The maximum absolute atomic E-state index is 12.2. The largest absolute Gasteiger partial charge is 0.395 e. The van der Waals surface area contributed by atoms with Crippen LogP contribution >= 0.6 is 0 Å². The van der Waals surface area contributed by atoms with Gasteiger partial charge in [-0.3, -0.25) is 0 Å². The van der Waals surface area contributed by atoms with Crippen molar-refractivity contribution in [1.29, 1.82) is 0 Å². The Bertz CT molecular complexity index is 350. The third-order valence-electron chi connectivity index (χ3n) is 2.89. The van der Waals surface area contributed by atoms with E-state index in [1.54, 1.807) is 9.80 Å². The van der Waals surface area contributed by atoms with Gasteiger partial charge in [0.1, 0.15) is 0 Å². The van der Waals surface area contributed by atoms with Crippen LogP contribution in [0.5, 0.6) is 0 Å². The van der Waals surface area contributed by atoms with Crippen molar-refractivity contribution in [2.24, 2.45) is 0 Å². The lowest BCUT2D eigenvalue weighted by atomic mass is 10.2. The van der Waals surface area contributed by atoms with Gasteiger partial charge < -0.3 is 14.9 Å². The first-order valence-electron chi connectivity index (χ1n) is 6.41. The molecule has 0 fully saturated rings. The molecule has 0 atom stereocenters. The van der Waals surface area contributed by atoms with Crippen LogP contribution in [0.15, 0.2) is 30.3 Å². The molecule has 0 bridgehead atoms. The van der Waals surface area contributed by atoms with Gasteiger partial charge in [0.2, 0.25) is 0 Å². The summed E-state index contributed by atoms with van der Waals surface area (Å²) in [5.74, 6) is 0. The molecule has 2 amide bonds. The van der Waals surface area contributed by atoms with Crippen molar-refractivity contribution < 1.29 is 9.90 Å². The molecule has 0 saturated heterocycles. The van der Waals surface area contributed by atoms with Gasteiger partial charge in [-0.25, -0.2) is 4.79 Å². The van der Waals surface area contributed by atoms with Crippen molar-refractivity contribution >= 4 is 6.03 Å². The molecule has 0 aliphatic heterocycles. The average Bonchev–Trinajstić information content (AvgIpc) is 2.40. The van der Waals surface area contributed by atoms with Crippen molar-refractivity contribution in [3.05, 3.63) is 35.9 Å². The summed E-state index contributed by atoms with van der Waals surface area (Å²) in [5.41, 5.74) is 1.08. The smallest absolute Gasteiger partial charge is 0.320 e. The van der Waals surface area contributed by atoms with Crippen LogP contribution in [0.3, 0.4) is 0 Å². The topological polar surface area (TPSA) is 43.8 Å². The summed E-state index contributed by atoms with van der Waals surface area (Å²) in [6, 6.07) is 9.81. The Morgan fingerprint density at radius 3 is 2.22 bits per heavy atom. The summed E-state index contributed by atoms with van der Waals surface area (Å²) in [4.78, 5) is 15.7. The first-order valence-corrected chi connectivity index (χ1v) is 6.41. The summed E-state index contributed by atoms with van der Waals surface area (Å²) in [6.07, 6.45) is 0. The Kier molecular flexibility index (Phi) is 6.22. The average molecular weight is 250 g/mol. The van der Waals surface area contributed by atoms with E-state index in [0.29, 0.717) is 26.2 Å². The lowest BCUT2D eigenvalue weighted by Gasteiger charge is -2.29. The normalized spacial score (nSPS) is 10.2. The number of aliphatic hydroxyl groups is 1. The minimum Gasteiger partial charge on any atom is -0.395 e. The molecule has 0 heterocycles. The van der Waals surface area contributed by atoms with E-state index in [1.165, 1.54) is 0 Å². The quantitative estimate of drug-likeness (QED) is 0.838. The SMILES string of the molecule is CCN(CC)C(=O)N(CCO)Cc1ccccc1. The Morgan fingerprint density at radius 1 is 1.11 bits per heavy atom. The Balaban J connectivity index is 2.73. The maximum atomic E-state index is 12.2. The second kappa shape index (κ2) is 7.71. The molecule has 1 aromatic rings. The summed E-state index contributed by atoms with van der Waals surface area (Å²) >= 11 is 0. The van der Waals surface area contributed by atoms with E-state index in [2.05, 4.69) is 0 Å². The van der Waals surface area contributed by atoms with Gasteiger partial charge in [-0.05, 0) is 19.4 Å². The molecule has 0 aromatic heterocycles. The number of carbonyl (C=O) groups is 1. The lowest BCUT2D eigenvalue weighted by Crippen LogP contribution is -2.43. The molecule has 0 aliphatic carbocycles. The standard InChI is InChI=1S/C14H22N2O2/c1-3-15(4-2)14(18)16(10-11-17)12-13-8-6-5-7-9-13/h5-9,17H,3-4,10-12H2,1-2H3. The number of nitrogens with zero attached hydrogens (tertiary/aromatic N) is 2. The fraction of sp³-hybridized carbons (Fsp3) is 0.500. The zero-order chi connectivity index (χ0) is 13.4. The molecular formula is C14H22N2O2. The van der Waals surface area contributed by atoms with E-state index >= 15 is 0 Å². The summed E-state index contributed by atoms with van der Waals surface area (Å²) in [7, 11) is 0. The van der Waals surface area contributed by atoms with Crippen molar-refractivity contribution in [2.75, 3.05) is 26.2 Å². The van der Waals surface area contributed by atoms with Gasteiger partial charge in [0, 0.05) is 26.2 Å². The number of urea groups is 1. The van der Waals surface area contributed by atoms with Crippen LogP contribution in [0.2, 0.25) is 0 Å². The molecule has 4 nitrogen and oxygen atoms in total. The van der Waals surface area contributed by atoms with Crippen molar-refractivity contribution in [1.82, 2.24) is 9.80 Å². The Morgan fingerprint density at radius 2 is 1.72 bits per heavy atom. The third kappa shape index (κ3) is 4.04. The molecule has 4 heteroatoms. The van der Waals surface area contributed by atoms with Gasteiger partial charge in [0.05, 0.1) is 6.61 Å². The van der Waals surface area contributed by atoms with E-state index < -0.39 is 0 Å². The van der Waals surface area contributed by atoms with Gasteiger partial charge >= 0.3 is 6.03 Å². The van der Waals surface area contributed by atoms with E-state index in [-0.39, 0.29) is 12.6 Å². The van der Waals surface area contributed by atoms with Crippen LogP contribution < -0.4 is 0 Å². The second-order valence-corrected chi connectivity index (χ2v) is 4.09. The highest BCUT2D eigenvalue weighted by atomic mass is 16.3. The van der Waals surface area contributed by atoms with E-state index in [4.69, 9.17) is 5.11 Å². The number of hydrogen-bond donors (Lipinski definition) is 1. The zero-order valence-corrected chi connectivity index (χ0v) is 11.2. The molecule has 0 unspecified atom stereocenters. The lowest BCUT2D eigenvalue weighted by molar-refractivity contribution is 0.140. The summed E-state index contributed by atoms with van der Waals surface area (Å²) in [5, 5.41) is 9.08. The molecule has 1 aromatic carbocycles. The molecule has 0 radical (unpaired) electrons. The van der Waals surface area contributed by atoms with Gasteiger partial charge in [0.25, 0.3) is 0 Å². The first-order chi connectivity index (χ1) is 8.72. The number of benzene rings is 1. The maximum Gasteiger partial charge on any atom is 0.320 e. The summed E-state index contributed by atoms with van der Waals surface area (Å²) in [6.45, 7) is 6.18. The van der Waals surface area contributed by atoms with Gasteiger partial charge in [-0.2, -0.15) is 0 Å². The Hall–Kier alpha value is -1.55. The number of carbonyl (C=O) groups excluding carboxylic acids is 1. The molecule has 1 N–H and O–H groups in total. The molecule has 18 heavy (non-hydrogen) atoms. The van der Waals surface area contributed by atoms with Gasteiger partial charge in [-0.1, -0.05) is 30.3 Å². The molecule has 0 saturated carbocycles. The minimum absolute atomic E-state index is 0.0140. The van der Waals surface area contributed by atoms with Crippen molar-refractivity contribution in [3.63, 3.8) is 0 Å². The Labute approximate surface area is 109 Å². The van der Waals surface area contributed by atoms with Crippen molar-refractivity contribution in [3.8, 4) is 0 Å².